The Balaban J connectivity index is 2.00. The number of nitrogens with one attached hydrogen (secondary N) is 1. The summed E-state index contributed by atoms with van der Waals surface area (Å²) in [5, 5.41) is 11.9. The Morgan fingerprint density at radius 1 is 1.60 bits per heavy atom. The lowest BCUT2D eigenvalue weighted by Gasteiger charge is -2.08. The smallest absolute Gasteiger partial charge is 0.303 e. The highest BCUT2D eigenvalue weighted by atomic mass is 79.9. The van der Waals surface area contributed by atoms with E-state index in [0.717, 1.165) is 16.6 Å². The van der Waals surface area contributed by atoms with Crippen LogP contribution in [0.4, 0.5) is 5.69 Å². The second kappa shape index (κ2) is 4.23. The van der Waals surface area contributed by atoms with Crippen molar-refractivity contribution in [1.29, 1.82) is 0 Å². The minimum absolute atomic E-state index is 0.229. The molecule has 3 nitrogen and oxygen atoms in total. The van der Waals surface area contributed by atoms with E-state index in [1.54, 1.807) is 0 Å². The number of hydrogen-bond acceptors (Lipinski definition) is 2. The van der Waals surface area contributed by atoms with Gasteiger partial charge in [-0.2, -0.15) is 0 Å². The van der Waals surface area contributed by atoms with Crippen LogP contribution >= 0.6 is 15.9 Å². The number of aliphatic carboxylic acids is 1. The highest BCUT2D eigenvalue weighted by molar-refractivity contribution is 9.10. The molecule has 1 unspecified atom stereocenters. The van der Waals surface area contributed by atoms with Gasteiger partial charge in [0.15, 0.2) is 0 Å². The Hall–Kier alpha value is -1.03. The van der Waals surface area contributed by atoms with Crippen molar-refractivity contribution in [2.45, 2.75) is 25.3 Å². The third kappa shape index (κ3) is 2.50. The van der Waals surface area contributed by atoms with Gasteiger partial charge in [0, 0.05) is 22.6 Å². The number of rotatable bonds is 3. The second-order valence-electron chi connectivity index (χ2n) is 3.78. The van der Waals surface area contributed by atoms with Crippen LogP contribution < -0.4 is 5.32 Å². The first kappa shape index (κ1) is 10.5. The Morgan fingerprint density at radius 2 is 2.40 bits per heavy atom. The fraction of sp³-hybridized carbons (Fsp3) is 0.364. The molecule has 80 valence electrons. The van der Waals surface area contributed by atoms with Crippen LogP contribution in [0, 0.1) is 0 Å². The molecule has 1 aromatic carbocycles. The molecule has 0 bridgehead atoms. The molecule has 0 spiro atoms. The van der Waals surface area contributed by atoms with Crippen LogP contribution in [0.15, 0.2) is 22.7 Å². The number of anilines is 1. The summed E-state index contributed by atoms with van der Waals surface area (Å²) < 4.78 is 1.05. The predicted molar refractivity (Wildman–Crippen MR) is 62.1 cm³/mol. The molecular weight excluding hydrogens is 258 g/mol. The molecule has 1 aliphatic heterocycles. The number of fused-ring (bicyclic) bond motifs is 1. The third-order valence-corrected chi connectivity index (χ3v) is 3.10. The SMILES string of the molecule is O=C(O)CCC1Cc2ccc(Br)cc2N1. The van der Waals surface area contributed by atoms with E-state index in [0.29, 0.717) is 6.42 Å². The number of benzene rings is 1. The first-order valence-corrected chi connectivity index (χ1v) is 5.71. The molecule has 0 aliphatic carbocycles. The zero-order valence-electron chi connectivity index (χ0n) is 8.16. The summed E-state index contributed by atoms with van der Waals surface area (Å²) >= 11 is 3.41. The first-order valence-electron chi connectivity index (χ1n) is 4.92. The van der Waals surface area contributed by atoms with Crippen molar-refractivity contribution in [2.24, 2.45) is 0 Å². The van der Waals surface area contributed by atoms with Gasteiger partial charge in [-0.25, -0.2) is 0 Å². The molecule has 15 heavy (non-hydrogen) atoms. The van der Waals surface area contributed by atoms with Crippen LogP contribution in [0.5, 0.6) is 0 Å². The molecule has 0 saturated carbocycles. The quantitative estimate of drug-likeness (QED) is 0.887. The van der Waals surface area contributed by atoms with E-state index < -0.39 is 5.97 Å². The zero-order valence-corrected chi connectivity index (χ0v) is 9.75. The van der Waals surface area contributed by atoms with Gasteiger partial charge in [0.1, 0.15) is 0 Å². The van der Waals surface area contributed by atoms with Crippen molar-refractivity contribution in [1.82, 2.24) is 0 Å². The predicted octanol–water partition coefficient (Wildman–Crippen LogP) is 2.65. The average Bonchev–Trinajstić information content (AvgIpc) is 2.56. The summed E-state index contributed by atoms with van der Waals surface area (Å²) in [6.45, 7) is 0. The Bertz CT molecular complexity index is 392. The summed E-state index contributed by atoms with van der Waals surface area (Å²) in [4.78, 5) is 10.4. The maximum atomic E-state index is 10.4. The summed E-state index contributed by atoms with van der Waals surface area (Å²) in [6.07, 6.45) is 1.84. The van der Waals surface area contributed by atoms with Crippen molar-refractivity contribution in [3.63, 3.8) is 0 Å². The monoisotopic (exact) mass is 269 g/mol. The van der Waals surface area contributed by atoms with Gasteiger partial charge >= 0.3 is 5.97 Å². The van der Waals surface area contributed by atoms with E-state index >= 15 is 0 Å². The standard InChI is InChI=1S/C11H12BrNO2/c12-8-2-1-7-5-9(3-4-11(14)15)13-10(7)6-8/h1-2,6,9,13H,3-5H2,(H,14,15). The zero-order chi connectivity index (χ0) is 10.8. The van der Waals surface area contributed by atoms with Gasteiger partial charge in [-0.15, -0.1) is 0 Å². The van der Waals surface area contributed by atoms with Gasteiger partial charge in [0.05, 0.1) is 0 Å². The molecule has 0 fully saturated rings. The molecule has 1 aliphatic rings. The van der Waals surface area contributed by atoms with Crippen molar-refractivity contribution < 1.29 is 9.90 Å². The summed E-state index contributed by atoms with van der Waals surface area (Å²) in [6, 6.07) is 6.40. The Morgan fingerprint density at radius 3 is 3.13 bits per heavy atom. The first-order chi connectivity index (χ1) is 7.15. The molecular formula is C11H12BrNO2. The van der Waals surface area contributed by atoms with Crippen LogP contribution in [0.3, 0.4) is 0 Å². The molecule has 0 saturated heterocycles. The number of carbonyl (C=O) groups is 1. The van der Waals surface area contributed by atoms with E-state index in [1.807, 2.05) is 12.1 Å². The molecule has 0 amide bonds. The summed E-state index contributed by atoms with van der Waals surface area (Å²) in [7, 11) is 0. The van der Waals surface area contributed by atoms with Crippen molar-refractivity contribution >= 4 is 27.6 Å². The number of halogens is 1. The summed E-state index contributed by atoms with van der Waals surface area (Å²) in [5.74, 6) is -0.728. The molecule has 0 aromatic heterocycles. The minimum Gasteiger partial charge on any atom is -0.481 e. The van der Waals surface area contributed by atoms with E-state index in [2.05, 4.69) is 27.3 Å². The van der Waals surface area contributed by atoms with E-state index in [1.165, 1.54) is 5.56 Å². The maximum absolute atomic E-state index is 10.4. The Kier molecular flexibility index (Phi) is 2.95. The van der Waals surface area contributed by atoms with Gasteiger partial charge in [-0.1, -0.05) is 22.0 Å². The van der Waals surface area contributed by atoms with Crippen LogP contribution in [0.1, 0.15) is 18.4 Å². The fourth-order valence-corrected chi connectivity index (χ4v) is 2.23. The van der Waals surface area contributed by atoms with Gasteiger partial charge < -0.3 is 10.4 Å². The van der Waals surface area contributed by atoms with Crippen LogP contribution in [0.25, 0.3) is 0 Å². The van der Waals surface area contributed by atoms with Crippen LogP contribution in [-0.4, -0.2) is 17.1 Å². The highest BCUT2D eigenvalue weighted by Crippen LogP contribution is 2.30. The largest absolute Gasteiger partial charge is 0.481 e. The van der Waals surface area contributed by atoms with E-state index in [-0.39, 0.29) is 12.5 Å². The average molecular weight is 270 g/mol. The Labute approximate surface area is 96.6 Å². The topological polar surface area (TPSA) is 49.3 Å². The summed E-state index contributed by atoms with van der Waals surface area (Å²) in [5.41, 5.74) is 2.40. The molecule has 2 rings (SSSR count). The number of carboxylic acid groups (broad SMARTS) is 1. The minimum atomic E-state index is -0.728. The molecule has 2 N–H and O–H groups in total. The fourth-order valence-electron chi connectivity index (χ4n) is 1.87. The molecule has 0 radical (unpaired) electrons. The number of hydrogen-bond donors (Lipinski definition) is 2. The van der Waals surface area contributed by atoms with E-state index in [4.69, 9.17) is 5.11 Å². The van der Waals surface area contributed by atoms with E-state index in [9.17, 15) is 4.79 Å². The lowest BCUT2D eigenvalue weighted by molar-refractivity contribution is -0.137. The normalized spacial score (nSPS) is 18.3. The second-order valence-corrected chi connectivity index (χ2v) is 4.69. The van der Waals surface area contributed by atoms with Crippen LogP contribution in [-0.2, 0) is 11.2 Å². The van der Waals surface area contributed by atoms with Crippen molar-refractivity contribution in [3.8, 4) is 0 Å². The maximum Gasteiger partial charge on any atom is 0.303 e. The lowest BCUT2D eigenvalue weighted by Crippen LogP contribution is -2.16. The molecule has 1 heterocycles. The van der Waals surface area contributed by atoms with Gasteiger partial charge in [0.2, 0.25) is 0 Å². The van der Waals surface area contributed by atoms with Crippen molar-refractivity contribution in [2.75, 3.05) is 5.32 Å². The van der Waals surface area contributed by atoms with Gasteiger partial charge in [-0.05, 0) is 30.5 Å². The number of carboxylic acids is 1. The van der Waals surface area contributed by atoms with Crippen LogP contribution in [0.2, 0.25) is 0 Å². The van der Waals surface area contributed by atoms with Gasteiger partial charge in [0.25, 0.3) is 0 Å². The van der Waals surface area contributed by atoms with Crippen molar-refractivity contribution in [3.05, 3.63) is 28.2 Å². The third-order valence-electron chi connectivity index (χ3n) is 2.60. The lowest BCUT2D eigenvalue weighted by atomic mass is 10.1. The van der Waals surface area contributed by atoms with Gasteiger partial charge in [-0.3, -0.25) is 4.79 Å². The molecule has 1 atom stereocenters. The molecule has 4 heteroatoms. The molecule has 1 aromatic rings. The highest BCUT2D eigenvalue weighted by Gasteiger charge is 2.20.